The van der Waals surface area contributed by atoms with Gasteiger partial charge < -0.3 is 24.4 Å². The number of nitrogens with one attached hydrogen (secondary N) is 1. The largest absolute Gasteiger partial charge is 0.439 e. The van der Waals surface area contributed by atoms with Crippen molar-refractivity contribution in [3.05, 3.63) is 53.2 Å². The van der Waals surface area contributed by atoms with E-state index in [4.69, 9.17) is 14.2 Å². The second-order valence-corrected chi connectivity index (χ2v) is 7.28. The summed E-state index contributed by atoms with van der Waals surface area (Å²) >= 11 is 0. The van der Waals surface area contributed by atoms with Crippen LogP contribution in [0.3, 0.4) is 0 Å². The van der Waals surface area contributed by atoms with Crippen LogP contribution in [-0.2, 0) is 16.0 Å². The fourth-order valence-corrected chi connectivity index (χ4v) is 3.46. The van der Waals surface area contributed by atoms with Crippen molar-refractivity contribution in [1.82, 2.24) is 15.2 Å². The molecule has 1 N–H and O–H groups in total. The Hall–Kier alpha value is -2.64. The number of pyridine rings is 1. The lowest BCUT2D eigenvalue weighted by Gasteiger charge is -2.41. The quantitative estimate of drug-likeness (QED) is 0.879. The van der Waals surface area contributed by atoms with Crippen LogP contribution in [0.5, 0.6) is 11.6 Å². The fourth-order valence-electron chi connectivity index (χ4n) is 3.46. The number of rotatable bonds is 4. The molecule has 0 radical (unpaired) electrons. The molecule has 0 saturated carbocycles. The van der Waals surface area contributed by atoms with Gasteiger partial charge in [-0.2, -0.15) is 0 Å². The van der Waals surface area contributed by atoms with Crippen LogP contribution in [0.15, 0.2) is 36.5 Å². The second kappa shape index (κ2) is 8.16. The Balaban J connectivity index is 1.36. The van der Waals surface area contributed by atoms with Gasteiger partial charge in [-0.15, -0.1) is 0 Å². The van der Waals surface area contributed by atoms with Gasteiger partial charge in [-0.25, -0.2) is 9.78 Å². The predicted molar refractivity (Wildman–Crippen MR) is 104 cm³/mol. The Bertz CT molecular complexity index is 845. The summed E-state index contributed by atoms with van der Waals surface area (Å²) in [7, 11) is 0. The van der Waals surface area contributed by atoms with Crippen LogP contribution in [0.25, 0.3) is 0 Å². The highest BCUT2D eigenvalue weighted by atomic mass is 16.6. The highest BCUT2D eigenvalue weighted by molar-refractivity contribution is 5.74. The molecule has 28 heavy (non-hydrogen) atoms. The number of hydrogen-bond acceptors (Lipinski definition) is 5. The molecule has 1 aromatic heterocycles. The molecular formula is C21H25N3O4. The molecule has 3 heterocycles. The number of urea groups is 1. The summed E-state index contributed by atoms with van der Waals surface area (Å²) in [5.74, 6) is 1.30. The lowest BCUT2D eigenvalue weighted by molar-refractivity contribution is -0.171. The summed E-state index contributed by atoms with van der Waals surface area (Å²) in [4.78, 5) is 18.6. The van der Waals surface area contributed by atoms with E-state index < -0.39 is 0 Å². The zero-order valence-electron chi connectivity index (χ0n) is 16.2. The zero-order chi connectivity index (χ0) is 19.5. The molecule has 4 rings (SSSR count). The maximum atomic E-state index is 12.5. The maximum absolute atomic E-state index is 12.5. The number of hydrogen-bond donors (Lipinski definition) is 1. The molecular weight excluding hydrogens is 358 g/mol. The van der Waals surface area contributed by atoms with Crippen molar-refractivity contribution in [2.24, 2.45) is 0 Å². The molecule has 2 fully saturated rings. The van der Waals surface area contributed by atoms with Gasteiger partial charge in [-0.1, -0.05) is 12.1 Å². The van der Waals surface area contributed by atoms with Crippen LogP contribution >= 0.6 is 0 Å². The van der Waals surface area contributed by atoms with Crippen molar-refractivity contribution in [3.63, 3.8) is 0 Å². The molecule has 148 valence electrons. The van der Waals surface area contributed by atoms with Gasteiger partial charge in [0.05, 0.1) is 38.5 Å². The first-order valence-corrected chi connectivity index (χ1v) is 9.53. The van der Waals surface area contributed by atoms with Crippen molar-refractivity contribution in [2.75, 3.05) is 26.3 Å². The smallest absolute Gasteiger partial charge is 0.317 e. The molecule has 2 atom stereocenters. The van der Waals surface area contributed by atoms with E-state index in [0.717, 1.165) is 16.9 Å². The van der Waals surface area contributed by atoms with Gasteiger partial charge in [0.2, 0.25) is 5.88 Å². The van der Waals surface area contributed by atoms with E-state index in [2.05, 4.69) is 10.3 Å². The number of carbonyl (C=O) groups excluding carboxylic acids is 1. The SMILES string of the molecule is Cc1cccc(Oc2cc(CNC(=O)N3CC4COCC(C3)O4)ccn2)c1C. The molecule has 2 amide bonds. The molecule has 1 aromatic carbocycles. The van der Waals surface area contributed by atoms with E-state index in [-0.39, 0.29) is 18.2 Å². The highest BCUT2D eigenvalue weighted by Crippen LogP contribution is 2.26. The van der Waals surface area contributed by atoms with Crippen LogP contribution in [0, 0.1) is 13.8 Å². The summed E-state index contributed by atoms with van der Waals surface area (Å²) in [6.07, 6.45) is 1.63. The minimum Gasteiger partial charge on any atom is -0.439 e. The van der Waals surface area contributed by atoms with Crippen LogP contribution in [0.4, 0.5) is 4.79 Å². The molecule has 7 nitrogen and oxygen atoms in total. The first-order chi connectivity index (χ1) is 13.6. The number of nitrogens with zero attached hydrogens (tertiary/aromatic N) is 2. The number of carbonyl (C=O) groups is 1. The van der Waals surface area contributed by atoms with E-state index in [1.165, 1.54) is 5.56 Å². The predicted octanol–water partition coefficient (Wildman–Crippen LogP) is 2.80. The molecule has 2 aromatic rings. The molecule has 7 heteroatoms. The fraction of sp³-hybridized carbons (Fsp3) is 0.429. The third-order valence-electron chi connectivity index (χ3n) is 5.14. The third kappa shape index (κ3) is 4.26. The Morgan fingerprint density at radius 2 is 2.04 bits per heavy atom. The van der Waals surface area contributed by atoms with Crippen LogP contribution in [0.2, 0.25) is 0 Å². The molecule has 2 aliphatic rings. The highest BCUT2D eigenvalue weighted by Gasteiger charge is 2.33. The summed E-state index contributed by atoms with van der Waals surface area (Å²) in [5, 5.41) is 2.98. The maximum Gasteiger partial charge on any atom is 0.317 e. The van der Waals surface area contributed by atoms with E-state index in [0.29, 0.717) is 38.7 Å². The van der Waals surface area contributed by atoms with Crippen LogP contribution in [-0.4, -0.2) is 54.4 Å². The van der Waals surface area contributed by atoms with Crippen molar-refractivity contribution in [2.45, 2.75) is 32.6 Å². The minimum absolute atomic E-state index is 0.0308. The molecule has 2 bridgehead atoms. The Morgan fingerprint density at radius 1 is 1.25 bits per heavy atom. The standard InChI is InChI=1S/C21H25N3O4/c1-14-4-3-5-19(15(14)2)28-20-8-16(6-7-22-20)9-23-21(25)24-10-17-12-26-13-18(11-24)27-17/h3-8,17-18H,9-13H2,1-2H3,(H,23,25). The molecule has 0 aliphatic carbocycles. The molecule has 2 saturated heterocycles. The van der Waals surface area contributed by atoms with Crippen molar-refractivity contribution in [1.29, 1.82) is 0 Å². The normalized spacial score (nSPS) is 21.3. The molecule has 0 spiro atoms. The van der Waals surface area contributed by atoms with Gasteiger partial charge in [0.25, 0.3) is 0 Å². The summed E-state index contributed by atoms with van der Waals surface area (Å²) in [6.45, 7) is 6.69. The third-order valence-corrected chi connectivity index (χ3v) is 5.14. The van der Waals surface area contributed by atoms with Gasteiger partial charge in [-0.05, 0) is 42.7 Å². The minimum atomic E-state index is -0.0889. The molecule has 2 aliphatic heterocycles. The number of aromatic nitrogens is 1. The average Bonchev–Trinajstić information content (AvgIpc) is 2.69. The topological polar surface area (TPSA) is 72.9 Å². The van der Waals surface area contributed by atoms with Crippen molar-refractivity contribution >= 4 is 6.03 Å². The summed E-state index contributed by atoms with van der Waals surface area (Å²) in [5.41, 5.74) is 3.19. The van der Waals surface area contributed by atoms with E-state index in [9.17, 15) is 4.79 Å². The Morgan fingerprint density at radius 3 is 2.82 bits per heavy atom. The van der Waals surface area contributed by atoms with Crippen molar-refractivity contribution < 1.29 is 19.0 Å². The van der Waals surface area contributed by atoms with Gasteiger partial charge in [0.1, 0.15) is 5.75 Å². The van der Waals surface area contributed by atoms with Crippen LogP contribution in [0.1, 0.15) is 16.7 Å². The summed E-state index contributed by atoms with van der Waals surface area (Å²) < 4.78 is 17.2. The first-order valence-electron chi connectivity index (χ1n) is 9.53. The van der Waals surface area contributed by atoms with Gasteiger partial charge >= 0.3 is 6.03 Å². The van der Waals surface area contributed by atoms with E-state index in [1.807, 2.05) is 44.2 Å². The summed E-state index contributed by atoms with van der Waals surface area (Å²) in [6, 6.07) is 9.58. The number of amides is 2. The number of morpholine rings is 1. The van der Waals surface area contributed by atoms with Crippen molar-refractivity contribution in [3.8, 4) is 11.6 Å². The number of aryl methyl sites for hydroxylation is 1. The second-order valence-electron chi connectivity index (χ2n) is 7.28. The van der Waals surface area contributed by atoms with E-state index in [1.54, 1.807) is 11.1 Å². The zero-order valence-corrected chi connectivity index (χ0v) is 16.2. The van der Waals surface area contributed by atoms with E-state index >= 15 is 0 Å². The molecule has 2 unspecified atom stereocenters. The lowest BCUT2D eigenvalue weighted by Crippen LogP contribution is -2.57. The average molecular weight is 383 g/mol. The number of benzene rings is 1. The Labute approximate surface area is 164 Å². The van der Waals surface area contributed by atoms with Gasteiger partial charge in [0.15, 0.2) is 0 Å². The number of ether oxygens (including phenoxy) is 3. The monoisotopic (exact) mass is 383 g/mol. The van der Waals surface area contributed by atoms with Gasteiger partial charge in [0, 0.05) is 18.8 Å². The van der Waals surface area contributed by atoms with Gasteiger partial charge in [-0.3, -0.25) is 0 Å². The van der Waals surface area contributed by atoms with Crippen LogP contribution < -0.4 is 10.1 Å². The number of fused-ring (bicyclic) bond motifs is 2. The first kappa shape index (κ1) is 18.7. The Kier molecular flexibility index (Phi) is 5.45. The lowest BCUT2D eigenvalue weighted by atomic mass is 10.1.